The van der Waals surface area contributed by atoms with Gasteiger partial charge >= 0.3 is 0 Å². The second kappa shape index (κ2) is 14.8. The Kier molecular flexibility index (Phi) is 10.4. The van der Waals surface area contributed by atoms with Crippen molar-refractivity contribution < 1.29 is 39.1 Å². The maximum absolute atomic E-state index is 12.7. The number of amides is 1. The van der Waals surface area contributed by atoms with Gasteiger partial charge in [-0.1, -0.05) is 35.9 Å². The molecule has 0 spiro atoms. The van der Waals surface area contributed by atoms with E-state index in [1.54, 1.807) is 25.3 Å². The molecular formula is C36H38N2O8. The summed E-state index contributed by atoms with van der Waals surface area (Å²) >= 11 is 0. The molecule has 1 aliphatic heterocycles. The third-order valence-corrected chi connectivity index (χ3v) is 7.71. The summed E-state index contributed by atoms with van der Waals surface area (Å²) in [6, 6.07) is 20.3. The monoisotopic (exact) mass is 626 g/mol. The topological polar surface area (TPSA) is 139 Å². The fraction of sp³-hybridized carbons (Fsp3) is 0.250. The number of methoxy groups -OCH3 is 2. The van der Waals surface area contributed by atoms with Crippen LogP contribution < -0.4 is 29.6 Å². The van der Waals surface area contributed by atoms with E-state index in [-0.39, 0.29) is 38.9 Å². The van der Waals surface area contributed by atoms with Gasteiger partial charge in [-0.2, -0.15) is 0 Å². The molecule has 0 fully saturated rings. The molecule has 1 atom stereocenters. The van der Waals surface area contributed by atoms with Crippen LogP contribution in [0.3, 0.4) is 0 Å². The molecule has 10 heteroatoms. The molecule has 1 aliphatic rings. The van der Waals surface area contributed by atoms with E-state index in [9.17, 15) is 20.1 Å². The largest absolute Gasteiger partial charge is 0.496 e. The molecule has 0 radical (unpaired) electrons. The smallest absolute Gasteiger partial charge is 0.255 e. The molecule has 0 saturated carbocycles. The Labute approximate surface area is 267 Å². The molecule has 0 aliphatic carbocycles. The SMILES string of the molecule is COc1ccc(C=Cc2cc(CO)c(CO)c(OC)c2)cc1OCCOc1ccc(C2NC(=O)c3cc(C)ccc3N2)cc1CO. The molecule has 1 heterocycles. The number of hydrogen-bond acceptors (Lipinski definition) is 9. The molecular weight excluding hydrogens is 588 g/mol. The zero-order valence-corrected chi connectivity index (χ0v) is 26.0. The average Bonchev–Trinajstić information content (AvgIpc) is 3.08. The summed E-state index contributed by atoms with van der Waals surface area (Å²) in [6.45, 7) is 1.68. The quantitative estimate of drug-likeness (QED) is 0.103. The molecule has 0 aromatic heterocycles. The number of anilines is 1. The van der Waals surface area contributed by atoms with E-state index < -0.39 is 6.17 Å². The minimum absolute atomic E-state index is 0.159. The molecule has 0 saturated heterocycles. The van der Waals surface area contributed by atoms with Crippen LogP contribution in [-0.4, -0.2) is 48.7 Å². The van der Waals surface area contributed by atoms with Gasteiger partial charge in [0.1, 0.15) is 30.9 Å². The summed E-state index contributed by atoms with van der Waals surface area (Å²) in [5, 5.41) is 35.8. The fourth-order valence-electron chi connectivity index (χ4n) is 5.31. The summed E-state index contributed by atoms with van der Waals surface area (Å²) in [6.07, 6.45) is 3.33. The van der Waals surface area contributed by atoms with Gasteiger partial charge in [-0.15, -0.1) is 0 Å². The minimum Gasteiger partial charge on any atom is -0.496 e. The average molecular weight is 627 g/mol. The van der Waals surface area contributed by atoms with Crippen molar-refractivity contribution in [2.75, 3.05) is 32.8 Å². The first kappa shape index (κ1) is 32.4. The number of aryl methyl sites for hydroxylation is 1. The Bertz CT molecular complexity index is 1710. The van der Waals surface area contributed by atoms with E-state index in [0.717, 1.165) is 27.9 Å². The zero-order chi connectivity index (χ0) is 32.6. The molecule has 240 valence electrons. The molecule has 46 heavy (non-hydrogen) atoms. The van der Waals surface area contributed by atoms with Crippen LogP contribution in [0.25, 0.3) is 12.2 Å². The maximum Gasteiger partial charge on any atom is 0.255 e. The number of benzene rings is 4. The van der Waals surface area contributed by atoms with Crippen LogP contribution in [0, 0.1) is 6.92 Å². The minimum atomic E-state index is -0.446. The zero-order valence-electron chi connectivity index (χ0n) is 26.0. The van der Waals surface area contributed by atoms with E-state index in [0.29, 0.717) is 45.3 Å². The molecule has 0 bridgehead atoms. The highest BCUT2D eigenvalue weighted by atomic mass is 16.5. The van der Waals surface area contributed by atoms with Crippen LogP contribution in [0.1, 0.15) is 55.5 Å². The van der Waals surface area contributed by atoms with Crippen molar-refractivity contribution in [1.82, 2.24) is 5.32 Å². The number of ether oxygens (including phenoxy) is 4. The summed E-state index contributed by atoms with van der Waals surface area (Å²) in [5.41, 5.74) is 6.54. The van der Waals surface area contributed by atoms with E-state index in [1.807, 2.05) is 67.6 Å². The summed E-state index contributed by atoms with van der Waals surface area (Å²) < 4.78 is 22.8. The van der Waals surface area contributed by atoms with Crippen LogP contribution in [0.5, 0.6) is 23.0 Å². The van der Waals surface area contributed by atoms with Crippen molar-refractivity contribution in [2.45, 2.75) is 32.9 Å². The standard InChI is InChI=1S/C36H38N2O8/c1-22-4-9-30-28(14-22)36(42)38-35(37-30)25-8-11-31(27(18-25)20-40)45-12-13-46-34-16-23(7-10-32(34)43-2)5-6-24-15-26(19-39)29(21-41)33(17-24)44-3/h4-11,14-18,35,37,39-41H,12-13,19-21H2,1-3H3,(H,38,42). The van der Waals surface area contributed by atoms with Gasteiger partial charge in [0, 0.05) is 16.8 Å². The lowest BCUT2D eigenvalue weighted by molar-refractivity contribution is 0.0935. The molecule has 1 amide bonds. The first-order chi connectivity index (χ1) is 22.4. The van der Waals surface area contributed by atoms with E-state index in [1.165, 1.54) is 7.11 Å². The van der Waals surface area contributed by atoms with Crippen molar-refractivity contribution in [3.05, 3.63) is 111 Å². The Morgan fingerprint density at radius 3 is 2.11 bits per heavy atom. The Morgan fingerprint density at radius 2 is 1.39 bits per heavy atom. The predicted octanol–water partition coefficient (Wildman–Crippen LogP) is 4.97. The number of hydrogen-bond donors (Lipinski definition) is 5. The van der Waals surface area contributed by atoms with Gasteiger partial charge in [0.2, 0.25) is 0 Å². The van der Waals surface area contributed by atoms with E-state index in [4.69, 9.17) is 18.9 Å². The summed E-state index contributed by atoms with van der Waals surface area (Å²) in [5.74, 6) is 1.96. The Morgan fingerprint density at radius 1 is 0.696 bits per heavy atom. The van der Waals surface area contributed by atoms with Gasteiger partial charge < -0.3 is 44.9 Å². The second-order valence-corrected chi connectivity index (χ2v) is 10.7. The van der Waals surface area contributed by atoms with Crippen LogP contribution in [0.15, 0.2) is 66.7 Å². The third-order valence-electron chi connectivity index (χ3n) is 7.71. The number of nitrogens with one attached hydrogen (secondary N) is 2. The van der Waals surface area contributed by atoms with Gasteiger partial charge in [0.25, 0.3) is 5.91 Å². The van der Waals surface area contributed by atoms with E-state index in [2.05, 4.69) is 10.6 Å². The maximum atomic E-state index is 12.7. The Hall–Kier alpha value is -5.03. The first-order valence-electron chi connectivity index (χ1n) is 14.8. The van der Waals surface area contributed by atoms with Crippen molar-refractivity contribution in [3.63, 3.8) is 0 Å². The lowest BCUT2D eigenvalue weighted by atomic mass is 10.0. The molecule has 4 aromatic carbocycles. The number of carbonyl (C=O) groups excluding carboxylic acids is 1. The van der Waals surface area contributed by atoms with Crippen LogP contribution in [0.2, 0.25) is 0 Å². The number of aliphatic hydroxyl groups is 3. The van der Waals surface area contributed by atoms with E-state index >= 15 is 0 Å². The highest BCUT2D eigenvalue weighted by molar-refractivity contribution is 6.01. The Balaban J connectivity index is 1.22. The molecule has 1 unspecified atom stereocenters. The first-order valence-corrected chi connectivity index (χ1v) is 14.8. The molecule has 10 nitrogen and oxygen atoms in total. The van der Waals surface area contributed by atoms with Crippen LogP contribution in [-0.2, 0) is 19.8 Å². The van der Waals surface area contributed by atoms with Crippen molar-refractivity contribution in [1.29, 1.82) is 0 Å². The highest BCUT2D eigenvalue weighted by Gasteiger charge is 2.25. The van der Waals surface area contributed by atoms with Gasteiger partial charge in [0.05, 0.1) is 39.6 Å². The molecule has 5 N–H and O–H groups in total. The number of carbonyl (C=O) groups is 1. The third kappa shape index (κ3) is 7.26. The van der Waals surface area contributed by atoms with Gasteiger partial charge in [-0.05, 0) is 77.7 Å². The molecule has 5 rings (SSSR count). The van der Waals surface area contributed by atoms with Gasteiger partial charge in [-0.25, -0.2) is 0 Å². The predicted molar refractivity (Wildman–Crippen MR) is 175 cm³/mol. The van der Waals surface area contributed by atoms with Crippen molar-refractivity contribution in [2.24, 2.45) is 0 Å². The highest BCUT2D eigenvalue weighted by Crippen LogP contribution is 2.32. The van der Waals surface area contributed by atoms with Crippen molar-refractivity contribution >= 4 is 23.7 Å². The lowest BCUT2D eigenvalue weighted by Gasteiger charge is -2.29. The lowest BCUT2D eigenvalue weighted by Crippen LogP contribution is -2.38. The second-order valence-electron chi connectivity index (χ2n) is 10.7. The molecule has 4 aromatic rings. The number of rotatable bonds is 13. The number of aliphatic hydroxyl groups excluding tert-OH is 3. The van der Waals surface area contributed by atoms with Crippen LogP contribution >= 0.6 is 0 Å². The normalized spacial score (nSPS) is 14.0. The van der Waals surface area contributed by atoms with Gasteiger partial charge in [0.15, 0.2) is 11.5 Å². The summed E-state index contributed by atoms with van der Waals surface area (Å²) in [4.78, 5) is 12.7. The van der Waals surface area contributed by atoms with Crippen LogP contribution in [0.4, 0.5) is 5.69 Å². The number of fused-ring (bicyclic) bond motifs is 1. The summed E-state index contributed by atoms with van der Waals surface area (Å²) in [7, 11) is 3.09. The fourth-order valence-corrected chi connectivity index (χ4v) is 5.31. The van der Waals surface area contributed by atoms with Gasteiger partial charge in [-0.3, -0.25) is 4.79 Å². The van der Waals surface area contributed by atoms with Crippen molar-refractivity contribution in [3.8, 4) is 23.0 Å².